The molecule has 0 saturated heterocycles. The highest BCUT2D eigenvalue weighted by molar-refractivity contribution is 7.14. The molecular formula is C20H18N4O6S. The molecule has 11 heteroatoms. The minimum absolute atomic E-state index is 0.0466. The monoisotopic (exact) mass is 442 g/mol. The van der Waals surface area contributed by atoms with Gasteiger partial charge in [0, 0.05) is 17.0 Å². The first-order chi connectivity index (χ1) is 14.9. The number of nitro benzene ring substituents is 1. The molecule has 0 fully saturated rings. The summed E-state index contributed by atoms with van der Waals surface area (Å²) in [7, 11) is 2.90. The maximum absolute atomic E-state index is 12.3. The number of amides is 2. The molecule has 31 heavy (non-hydrogen) atoms. The number of methoxy groups -OCH3 is 2. The van der Waals surface area contributed by atoms with E-state index in [1.165, 1.54) is 36.6 Å². The predicted molar refractivity (Wildman–Crippen MR) is 115 cm³/mol. The topological polar surface area (TPSA) is 133 Å². The number of ether oxygens (including phenoxy) is 2. The third-order valence-electron chi connectivity index (χ3n) is 4.14. The van der Waals surface area contributed by atoms with Crippen molar-refractivity contribution in [2.45, 2.75) is 6.42 Å². The minimum atomic E-state index is -0.550. The first kappa shape index (κ1) is 21.7. The quantitative estimate of drug-likeness (QED) is 0.403. The van der Waals surface area contributed by atoms with Crippen molar-refractivity contribution in [1.82, 2.24) is 4.98 Å². The lowest BCUT2D eigenvalue weighted by Crippen LogP contribution is -2.15. The molecule has 160 valence electrons. The van der Waals surface area contributed by atoms with E-state index in [4.69, 9.17) is 9.47 Å². The molecule has 3 aromatic rings. The second-order valence-corrected chi connectivity index (χ2v) is 7.05. The lowest BCUT2D eigenvalue weighted by atomic mass is 10.2. The van der Waals surface area contributed by atoms with Crippen molar-refractivity contribution in [2.75, 3.05) is 24.9 Å². The smallest absolute Gasteiger partial charge is 0.273 e. The van der Waals surface area contributed by atoms with Gasteiger partial charge in [-0.15, -0.1) is 11.3 Å². The summed E-state index contributed by atoms with van der Waals surface area (Å²) >= 11 is 1.19. The lowest BCUT2D eigenvalue weighted by Gasteiger charge is -2.09. The fraction of sp³-hybridized carbons (Fsp3) is 0.150. The Kier molecular flexibility index (Phi) is 6.78. The Morgan fingerprint density at radius 3 is 2.48 bits per heavy atom. The van der Waals surface area contributed by atoms with Crippen molar-refractivity contribution in [2.24, 2.45) is 0 Å². The van der Waals surface area contributed by atoms with Gasteiger partial charge in [-0.05, 0) is 30.3 Å². The van der Waals surface area contributed by atoms with Crippen LogP contribution in [0.2, 0.25) is 0 Å². The minimum Gasteiger partial charge on any atom is -0.497 e. The Hall–Kier alpha value is -3.99. The average molecular weight is 442 g/mol. The number of carbonyl (C=O) groups is 2. The standard InChI is InChI=1S/C20H18N4O6S/c1-29-15-6-3-12(4-7-15)19(26)23-20-21-13(11-31-20)9-18(25)22-16-8-5-14(24(27)28)10-17(16)30-2/h3-8,10-11H,9H2,1-2H3,(H,22,25)(H,21,23,26). The summed E-state index contributed by atoms with van der Waals surface area (Å²) in [4.78, 5) is 39.2. The second kappa shape index (κ2) is 9.67. The van der Waals surface area contributed by atoms with Crippen LogP contribution >= 0.6 is 11.3 Å². The fourth-order valence-electron chi connectivity index (χ4n) is 2.61. The van der Waals surface area contributed by atoms with E-state index in [1.54, 1.807) is 36.8 Å². The van der Waals surface area contributed by atoms with Crippen LogP contribution in [0.1, 0.15) is 16.1 Å². The second-order valence-electron chi connectivity index (χ2n) is 6.19. The van der Waals surface area contributed by atoms with E-state index < -0.39 is 4.92 Å². The third-order valence-corrected chi connectivity index (χ3v) is 4.94. The van der Waals surface area contributed by atoms with E-state index in [0.29, 0.717) is 27.8 Å². The molecule has 0 aliphatic heterocycles. The summed E-state index contributed by atoms with van der Waals surface area (Å²) in [6, 6.07) is 10.5. The molecule has 0 atom stereocenters. The fourth-order valence-corrected chi connectivity index (χ4v) is 3.32. The molecular weight excluding hydrogens is 424 g/mol. The van der Waals surface area contributed by atoms with Gasteiger partial charge >= 0.3 is 0 Å². The predicted octanol–water partition coefficient (Wildman–Crippen LogP) is 3.50. The Bertz CT molecular complexity index is 1110. The van der Waals surface area contributed by atoms with E-state index in [-0.39, 0.29) is 29.7 Å². The molecule has 2 aromatic carbocycles. The zero-order chi connectivity index (χ0) is 22.4. The molecule has 2 N–H and O–H groups in total. The number of hydrogen-bond donors (Lipinski definition) is 2. The van der Waals surface area contributed by atoms with Gasteiger partial charge < -0.3 is 14.8 Å². The zero-order valence-electron chi connectivity index (χ0n) is 16.6. The van der Waals surface area contributed by atoms with Crippen LogP contribution in [0.15, 0.2) is 47.8 Å². The molecule has 1 heterocycles. The first-order valence-electron chi connectivity index (χ1n) is 8.91. The highest BCUT2D eigenvalue weighted by Crippen LogP contribution is 2.29. The van der Waals surface area contributed by atoms with Gasteiger partial charge in [0.15, 0.2) is 5.13 Å². The van der Waals surface area contributed by atoms with E-state index >= 15 is 0 Å². The molecule has 0 unspecified atom stereocenters. The molecule has 0 aliphatic rings. The number of benzene rings is 2. The number of thiazole rings is 1. The van der Waals surface area contributed by atoms with Crippen LogP contribution < -0.4 is 20.1 Å². The van der Waals surface area contributed by atoms with Crippen LogP contribution in [0, 0.1) is 10.1 Å². The molecule has 0 saturated carbocycles. The Morgan fingerprint density at radius 1 is 1.10 bits per heavy atom. The molecule has 1 aromatic heterocycles. The summed E-state index contributed by atoms with van der Waals surface area (Å²) < 4.78 is 10.2. The van der Waals surface area contributed by atoms with E-state index in [1.807, 2.05) is 0 Å². The summed E-state index contributed by atoms with van der Waals surface area (Å²) in [5, 5.41) is 18.2. The molecule has 0 bridgehead atoms. The van der Waals surface area contributed by atoms with Crippen molar-refractivity contribution < 1.29 is 24.0 Å². The van der Waals surface area contributed by atoms with Gasteiger partial charge in [0.05, 0.1) is 43.0 Å². The van der Waals surface area contributed by atoms with E-state index in [2.05, 4.69) is 15.6 Å². The summed E-state index contributed by atoms with van der Waals surface area (Å²) in [6.07, 6.45) is -0.0466. The van der Waals surface area contributed by atoms with Crippen LogP contribution in [0.4, 0.5) is 16.5 Å². The molecule has 3 rings (SSSR count). The highest BCUT2D eigenvalue weighted by atomic mass is 32.1. The lowest BCUT2D eigenvalue weighted by molar-refractivity contribution is -0.384. The first-order valence-corrected chi connectivity index (χ1v) is 9.79. The van der Waals surface area contributed by atoms with Crippen molar-refractivity contribution in [3.05, 3.63) is 69.2 Å². The normalized spacial score (nSPS) is 10.3. The number of aromatic nitrogens is 1. The number of non-ortho nitro benzene ring substituents is 1. The van der Waals surface area contributed by atoms with Gasteiger partial charge in [0.1, 0.15) is 11.5 Å². The maximum atomic E-state index is 12.3. The van der Waals surface area contributed by atoms with Gasteiger partial charge in [-0.25, -0.2) is 4.98 Å². The molecule has 2 amide bonds. The average Bonchev–Trinajstić information content (AvgIpc) is 3.20. The number of nitrogens with zero attached hydrogens (tertiary/aromatic N) is 2. The Labute approximate surface area is 181 Å². The van der Waals surface area contributed by atoms with Crippen molar-refractivity contribution in [3.8, 4) is 11.5 Å². The number of carbonyl (C=O) groups excluding carboxylic acids is 2. The molecule has 10 nitrogen and oxygen atoms in total. The largest absolute Gasteiger partial charge is 0.497 e. The van der Waals surface area contributed by atoms with Crippen LogP contribution in [0.5, 0.6) is 11.5 Å². The van der Waals surface area contributed by atoms with Crippen LogP contribution in [0.3, 0.4) is 0 Å². The SMILES string of the molecule is COc1ccc(C(=O)Nc2nc(CC(=O)Nc3ccc([N+](=O)[O-])cc3OC)cs2)cc1. The Balaban J connectivity index is 1.61. The van der Waals surface area contributed by atoms with Gasteiger partial charge in [-0.3, -0.25) is 25.0 Å². The number of rotatable bonds is 8. The van der Waals surface area contributed by atoms with Gasteiger partial charge in [-0.1, -0.05) is 0 Å². The maximum Gasteiger partial charge on any atom is 0.273 e. The van der Waals surface area contributed by atoms with E-state index in [9.17, 15) is 19.7 Å². The summed E-state index contributed by atoms with van der Waals surface area (Å²) in [6.45, 7) is 0. The Morgan fingerprint density at radius 2 is 1.84 bits per heavy atom. The van der Waals surface area contributed by atoms with Gasteiger partial charge in [-0.2, -0.15) is 0 Å². The van der Waals surface area contributed by atoms with Crippen LogP contribution in [-0.4, -0.2) is 35.9 Å². The van der Waals surface area contributed by atoms with E-state index in [0.717, 1.165) is 0 Å². The molecule has 0 aliphatic carbocycles. The van der Waals surface area contributed by atoms with Crippen LogP contribution in [0.25, 0.3) is 0 Å². The number of nitro groups is 1. The summed E-state index contributed by atoms with van der Waals surface area (Å²) in [5.41, 5.74) is 1.07. The number of hydrogen-bond acceptors (Lipinski definition) is 8. The van der Waals surface area contributed by atoms with Crippen molar-refractivity contribution >= 4 is 39.7 Å². The van der Waals surface area contributed by atoms with Crippen LogP contribution in [-0.2, 0) is 11.2 Å². The zero-order valence-corrected chi connectivity index (χ0v) is 17.4. The van der Waals surface area contributed by atoms with Gasteiger partial charge in [0.2, 0.25) is 5.91 Å². The number of nitrogens with one attached hydrogen (secondary N) is 2. The summed E-state index contributed by atoms with van der Waals surface area (Å²) in [5.74, 6) is 0.103. The molecule has 0 spiro atoms. The van der Waals surface area contributed by atoms with Crippen molar-refractivity contribution in [1.29, 1.82) is 0 Å². The van der Waals surface area contributed by atoms with Crippen molar-refractivity contribution in [3.63, 3.8) is 0 Å². The number of anilines is 2. The third kappa shape index (κ3) is 5.54. The molecule has 0 radical (unpaired) electrons. The van der Waals surface area contributed by atoms with Gasteiger partial charge in [0.25, 0.3) is 11.6 Å². The highest BCUT2D eigenvalue weighted by Gasteiger charge is 2.15.